The van der Waals surface area contributed by atoms with E-state index >= 15 is 0 Å². The monoisotopic (exact) mass is 582 g/mol. The molecule has 0 unspecified atom stereocenters. The zero-order chi connectivity index (χ0) is 25.4. The van der Waals surface area contributed by atoms with E-state index in [1.54, 1.807) is 135 Å². The molecular formula is C36H54S3. The lowest BCUT2D eigenvalue weighted by molar-refractivity contribution is 0.0375. The molecule has 0 amide bonds. The van der Waals surface area contributed by atoms with E-state index in [0.29, 0.717) is 14.2 Å². The third-order valence-corrected chi connectivity index (χ3v) is 19.9. The maximum absolute atomic E-state index is 2.64. The van der Waals surface area contributed by atoms with Crippen LogP contribution in [0.5, 0.6) is 0 Å². The summed E-state index contributed by atoms with van der Waals surface area (Å²) in [5, 5.41) is 2.94. The molecule has 13 rings (SSSR count). The normalized spacial score (nSPS) is 61.8. The topological polar surface area (TPSA) is 0 Å². The van der Waals surface area contributed by atoms with Crippen LogP contribution in [-0.2, 0) is 0 Å². The van der Waals surface area contributed by atoms with Crippen LogP contribution < -0.4 is 0 Å². The van der Waals surface area contributed by atoms with Gasteiger partial charge in [-0.15, -0.1) is 0 Å². The van der Waals surface area contributed by atoms with Crippen LogP contribution in [0.3, 0.4) is 0 Å². The molecule has 3 heteroatoms. The van der Waals surface area contributed by atoms with Gasteiger partial charge in [0.25, 0.3) is 0 Å². The average molecular weight is 583 g/mol. The summed E-state index contributed by atoms with van der Waals surface area (Å²) in [5.41, 5.74) is 0. The van der Waals surface area contributed by atoms with Gasteiger partial charge in [-0.1, -0.05) is 0 Å². The fourth-order valence-corrected chi connectivity index (χ4v) is 22.5. The second kappa shape index (κ2) is 9.05. The fraction of sp³-hybridized carbons (Fsp3) is 1.00. The molecule has 0 spiro atoms. The van der Waals surface area contributed by atoms with Crippen molar-refractivity contribution in [3.8, 4) is 0 Å². The van der Waals surface area contributed by atoms with E-state index in [2.05, 4.69) is 35.3 Å². The molecule has 216 valence electrons. The summed E-state index contributed by atoms with van der Waals surface area (Å²) in [6.45, 7) is 0. The first-order chi connectivity index (χ1) is 18.9. The maximum atomic E-state index is 2.64. The van der Waals surface area contributed by atoms with E-state index in [9.17, 15) is 0 Å². The van der Waals surface area contributed by atoms with Gasteiger partial charge in [-0.2, -0.15) is 35.3 Å². The van der Waals surface area contributed by atoms with Gasteiger partial charge < -0.3 is 0 Å². The van der Waals surface area contributed by atoms with Crippen LogP contribution >= 0.6 is 35.3 Å². The molecule has 0 aromatic carbocycles. The zero-order valence-corrected chi connectivity index (χ0v) is 27.0. The molecule has 13 fully saturated rings. The van der Waals surface area contributed by atoms with Crippen molar-refractivity contribution in [3.05, 3.63) is 0 Å². The molecule has 0 aliphatic heterocycles. The lowest BCUT2D eigenvalue weighted by Gasteiger charge is -2.59. The summed E-state index contributed by atoms with van der Waals surface area (Å²) in [5.74, 6) is 10.0. The van der Waals surface area contributed by atoms with Gasteiger partial charge in [0.15, 0.2) is 0 Å². The third kappa shape index (κ3) is 4.51. The van der Waals surface area contributed by atoms with Crippen LogP contribution in [0.1, 0.15) is 135 Å². The first-order valence-electron chi connectivity index (χ1n) is 18.0. The molecule has 0 saturated heterocycles. The number of rotatable bonds is 6. The molecule has 0 radical (unpaired) electrons. The highest BCUT2D eigenvalue weighted by molar-refractivity contribution is 8.03. The predicted molar refractivity (Wildman–Crippen MR) is 171 cm³/mol. The van der Waals surface area contributed by atoms with Crippen LogP contribution in [0.2, 0.25) is 0 Å². The summed E-state index contributed by atoms with van der Waals surface area (Å²) < 4.78 is 2.13. The van der Waals surface area contributed by atoms with Gasteiger partial charge in [0.1, 0.15) is 0 Å². The molecule has 13 aliphatic rings. The van der Waals surface area contributed by atoms with Crippen molar-refractivity contribution in [2.75, 3.05) is 0 Å². The Bertz CT molecular complexity index is 748. The highest BCUT2D eigenvalue weighted by Gasteiger charge is 2.56. The molecular weight excluding hydrogens is 529 g/mol. The zero-order valence-electron chi connectivity index (χ0n) is 24.5. The van der Waals surface area contributed by atoms with Crippen LogP contribution in [0.15, 0.2) is 0 Å². The number of hydrogen-bond acceptors (Lipinski definition) is 3. The van der Waals surface area contributed by atoms with Crippen LogP contribution in [0.4, 0.5) is 0 Å². The van der Waals surface area contributed by atoms with Gasteiger partial charge >= 0.3 is 0 Å². The number of hydrogen-bond donors (Lipinski definition) is 0. The molecule has 13 saturated carbocycles. The molecule has 0 heterocycles. The standard InChI is InChI=1S/C36H54S3/c1-22-2-24-3-23(1)14-34(13-22,15-24)37-31-10-32(38-35-16-25-4-26(17-35)6-27(5-25)18-35)12-33(11-31)39-36-19-28-7-29(20-36)9-30(8-28)21-36/h22-33H,1-21H2. The largest absolute Gasteiger partial charge is 0.152 e. The highest BCUT2D eigenvalue weighted by Crippen LogP contribution is 2.67. The molecule has 39 heavy (non-hydrogen) atoms. The summed E-state index contributed by atoms with van der Waals surface area (Å²) in [7, 11) is 0. The Morgan fingerprint density at radius 1 is 0.256 bits per heavy atom. The second-order valence-corrected chi connectivity index (χ2v) is 23.5. The average Bonchev–Trinajstić information content (AvgIpc) is 2.80. The quantitative estimate of drug-likeness (QED) is 0.306. The van der Waals surface area contributed by atoms with E-state index in [-0.39, 0.29) is 0 Å². The smallest absolute Gasteiger partial charge is 0.0170 e. The van der Waals surface area contributed by atoms with Crippen LogP contribution in [0, 0.1) is 53.3 Å². The first kappa shape index (κ1) is 25.4. The highest BCUT2D eigenvalue weighted by atomic mass is 32.2. The van der Waals surface area contributed by atoms with Crippen LogP contribution in [0.25, 0.3) is 0 Å². The molecule has 0 atom stereocenters. The van der Waals surface area contributed by atoms with E-state index in [0.717, 1.165) is 69.0 Å². The Hall–Kier alpha value is 1.05. The van der Waals surface area contributed by atoms with Gasteiger partial charge in [0, 0.05) is 30.0 Å². The molecule has 13 aliphatic carbocycles. The SMILES string of the molecule is C1C2CC3CC1CC(SC1CC(SC45CC6CC(CC(C6)C4)C5)CC(SC45CC6CC(CC(C6)C4)C5)C1)(C2)C3. The second-order valence-electron chi connectivity index (χ2n) is 18.2. The maximum Gasteiger partial charge on any atom is 0.0170 e. The lowest BCUT2D eigenvalue weighted by Crippen LogP contribution is -2.51. The molecule has 0 N–H and O–H groups in total. The Kier molecular flexibility index (Phi) is 5.89. The van der Waals surface area contributed by atoms with Gasteiger partial charge in [0.05, 0.1) is 0 Å². The summed E-state index contributed by atoms with van der Waals surface area (Å²) >= 11 is 7.93. The Labute approximate surface area is 252 Å². The van der Waals surface area contributed by atoms with Gasteiger partial charge in [-0.3, -0.25) is 0 Å². The predicted octanol–water partition coefficient (Wildman–Crippen LogP) is 10.4. The molecule has 0 aromatic rings. The molecule has 0 nitrogen and oxygen atoms in total. The Morgan fingerprint density at radius 2 is 0.436 bits per heavy atom. The minimum atomic E-state index is 0.711. The van der Waals surface area contributed by atoms with Gasteiger partial charge in [0.2, 0.25) is 0 Å². The first-order valence-corrected chi connectivity index (χ1v) is 20.6. The van der Waals surface area contributed by atoms with Crippen molar-refractivity contribution in [3.63, 3.8) is 0 Å². The van der Waals surface area contributed by atoms with E-state index in [1.165, 1.54) is 0 Å². The van der Waals surface area contributed by atoms with Gasteiger partial charge in [-0.05, 0) is 188 Å². The van der Waals surface area contributed by atoms with Crippen molar-refractivity contribution >= 4 is 35.3 Å². The van der Waals surface area contributed by atoms with E-state index in [4.69, 9.17) is 0 Å². The van der Waals surface area contributed by atoms with Crippen molar-refractivity contribution in [2.24, 2.45) is 53.3 Å². The Balaban J connectivity index is 0.906. The fourth-order valence-electron chi connectivity index (χ4n) is 15.0. The lowest BCUT2D eigenvalue weighted by atomic mass is 9.56. The van der Waals surface area contributed by atoms with Crippen LogP contribution in [-0.4, -0.2) is 30.0 Å². The van der Waals surface area contributed by atoms with Crippen molar-refractivity contribution in [2.45, 2.75) is 165 Å². The minimum absolute atomic E-state index is 0.711. The molecule has 12 bridgehead atoms. The van der Waals surface area contributed by atoms with Crippen molar-refractivity contribution in [1.82, 2.24) is 0 Å². The van der Waals surface area contributed by atoms with Crippen molar-refractivity contribution in [1.29, 1.82) is 0 Å². The number of thioether (sulfide) groups is 3. The summed E-state index contributed by atoms with van der Waals surface area (Å²) in [6.07, 6.45) is 33.7. The minimum Gasteiger partial charge on any atom is -0.152 e. The summed E-state index contributed by atoms with van der Waals surface area (Å²) in [6, 6.07) is 0. The van der Waals surface area contributed by atoms with E-state index in [1.807, 2.05) is 0 Å². The Morgan fingerprint density at radius 3 is 0.615 bits per heavy atom. The van der Waals surface area contributed by atoms with Gasteiger partial charge in [-0.25, -0.2) is 0 Å². The molecule has 0 aromatic heterocycles. The third-order valence-electron chi connectivity index (χ3n) is 14.8. The summed E-state index contributed by atoms with van der Waals surface area (Å²) in [4.78, 5) is 0. The van der Waals surface area contributed by atoms with Crippen molar-refractivity contribution < 1.29 is 0 Å². The van der Waals surface area contributed by atoms with E-state index < -0.39 is 0 Å².